The highest BCUT2D eigenvalue weighted by molar-refractivity contribution is 5.66. The van der Waals surface area contributed by atoms with Crippen LogP contribution in [-0.4, -0.2) is 4.98 Å². The molecule has 0 aliphatic heterocycles. The molecule has 0 aliphatic rings. The van der Waals surface area contributed by atoms with Gasteiger partial charge in [-0.25, -0.2) is 9.37 Å². The molecule has 0 unspecified atom stereocenters. The number of rotatable bonds is 3. The largest absolute Gasteiger partial charge is 0.347 e. The molecular formula is C15H15FN2. The maximum Gasteiger partial charge on any atom is 0.132 e. The molecule has 92 valence electrons. The summed E-state index contributed by atoms with van der Waals surface area (Å²) in [6.07, 6.45) is 3.36. The van der Waals surface area contributed by atoms with Gasteiger partial charge in [-0.3, -0.25) is 0 Å². The molecule has 0 saturated carbocycles. The Kier molecular flexibility index (Phi) is 3.42. The third kappa shape index (κ3) is 2.40. The number of pyridine rings is 1. The number of hydrogen-bond acceptors (Lipinski definition) is 2. The molecule has 18 heavy (non-hydrogen) atoms. The molecule has 0 spiro atoms. The van der Waals surface area contributed by atoms with Gasteiger partial charge < -0.3 is 5.32 Å². The standard InChI is InChI=1S/C15H15FN2/c1-4-17-15-11(3)8-13(9-18-15)12-5-6-14(16)10(2)7-12/h4-9H,1H2,2-3H3,(H,17,18). The monoisotopic (exact) mass is 242 g/mol. The van der Waals surface area contributed by atoms with Crippen molar-refractivity contribution in [3.8, 4) is 11.1 Å². The van der Waals surface area contributed by atoms with E-state index in [1.807, 2.05) is 19.1 Å². The van der Waals surface area contributed by atoms with Gasteiger partial charge in [0.25, 0.3) is 0 Å². The highest BCUT2D eigenvalue weighted by Gasteiger charge is 2.04. The topological polar surface area (TPSA) is 24.9 Å². The molecule has 0 bridgehead atoms. The van der Waals surface area contributed by atoms with Gasteiger partial charge in [-0.2, -0.15) is 0 Å². The lowest BCUT2D eigenvalue weighted by atomic mass is 10.0. The molecule has 2 aromatic rings. The molecule has 1 aromatic heterocycles. The number of nitrogens with one attached hydrogen (secondary N) is 1. The van der Waals surface area contributed by atoms with Gasteiger partial charge in [-0.05, 0) is 54.9 Å². The zero-order valence-corrected chi connectivity index (χ0v) is 10.5. The van der Waals surface area contributed by atoms with Crippen LogP contribution in [0.5, 0.6) is 0 Å². The Balaban J connectivity index is 2.42. The molecule has 1 N–H and O–H groups in total. The van der Waals surface area contributed by atoms with Gasteiger partial charge in [0.05, 0.1) is 0 Å². The molecule has 1 heterocycles. The summed E-state index contributed by atoms with van der Waals surface area (Å²) < 4.78 is 13.2. The lowest BCUT2D eigenvalue weighted by Crippen LogP contribution is -1.95. The minimum atomic E-state index is -0.187. The van der Waals surface area contributed by atoms with E-state index < -0.39 is 0 Å². The van der Waals surface area contributed by atoms with E-state index in [4.69, 9.17) is 0 Å². The van der Waals surface area contributed by atoms with Crippen LogP contribution in [0, 0.1) is 19.7 Å². The first-order valence-corrected chi connectivity index (χ1v) is 5.72. The van der Waals surface area contributed by atoms with Crippen molar-refractivity contribution in [2.45, 2.75) is 13.8 Å². The zero-order valence-electron chi connectivity index (χ0n) is 10.5. The van der Waals surface area contributed by atoms with E-state index in [1.165, 1.54) is 6.07 Å². The fraction of sp³-hybridized carbons (Fsp3) is 0.133. The van der Waals surface area contributed by atoms with Gasteiger partial charge in [0.15, 0.2) is 0 Å². The predicted octanol–water partition coefficient (Wildman–Crippen LogP) is 4.06. The summed E-state index contributed by atoms with van der Waals surface area (Å²) in [6.45, 7) is 7.33. The number of halogens is 1. The van der Waals surface area contributed by atoms with Crippen LogP contribution < -0.4 is 5.32 Å². The van der Waals surface area contributed by atoms with Crippen molar-refractivity contribution in [1.29, 1.82) is 0 Å². The van der Waals surface area contributed by atoms with Crippen LogP contribution in [0.2, 0.25) is 0 Å². The van der Waals surface area contributed by atoms with Crippen molar-refractivity contribution < 1.29 is 4.39 Å². The van der Waals surface area contributed by atoms with Crippen LogP contribution in [0.25, 0.3) is 11.1 Å². The zero-order chi connectivity index (χ0) is 13.1. The molecule has 0 fully saturated rings. The van der Waals surface area contributed by atoms with Crippen LogP contribution in [0.4, 0.5) is 10.2 Å². The highest BCUT2D eigenvalue weighted by atomic mass is 19.1. The molecule has 0 atom stereocenters. The number of nitrogens with zero attached hydrogens (tertiary/aromatic N) is 1. The Hall–Kier alpha value is -2.16. The lowest BCUT2D eigenvalue weighted by molar-refractivity contribution is 0.619. The molecule has 1 aromatic carbocycles. The fourth-order valence-electron chi connectivity index (χ4n) is 1.80. The third-order valence-electron chi connectivity index (χ3n) is 2.81. The van der Waals surface area contributed by atoms with Crippen LogP contribution in [0.15, 0.2) is 43.2 Å². The molecule has 0 radical (unpaired) electrons. The first kappa shape index (κ1) is 12.3. The second kappa shape index (κ2) is 5.00. The van der Waals surface area contributed by atoms with Crippen molar-refractivity contribution in [3.05, 3.63) is 60.2 Å². The maximum absolute atomic E-state index is 13.2. The number of hydrogen-bond donors (Lipinski definition) is 1. The number of benzene rings is 1. The molecular weight excluding hydrogens is 227 g/mol. The summed E-state index contributed by atoms with van der Waals surface area (Å²) in [7, 11) is 0. The third-order valence-corrected chi connectivity index (χ3v) is 2.81. The van der Waals surface area contributed by atoms with Crippen molar-refractivity contribution in [3.63, 3.8) is 0 Å². The van der Waals surface area contributed by atoms with Crippen molar-refractivity contribution in [2.24, 2.45) is 0 Å². The van der Waals surface area contributed by atoms with E-state index in [0.717, 1.165) is 22.5 Å². The Bertz CT molecular complexity index is 591. The maximum atomic E-state index is 13.2. The molecule has 0 amide bonds. The average molecular weight is 242 g/mol. The van der Waals surface area contributed by atoms with Crippen LogP contribution in [0.3, 0.4) is 0 Å². The van der Waals surface area contributed by atoms with Gasteiger partial charge in [0, 0.05) is 11.8 Å². The van der Waals surface area contributed by atoms with Gasteiger partial charge in [-0.1, -0.05) is 12.6 Å². The van der Waals surface area contributed by atoms with Crippen LogP contribution in [0.1, 0.15) is 11.1 Å². The second-order valence-corrected chi connectivity index (χ2v) is 4.20. The summed E-state index contributed by atoms with van der Waals surface area (Å²) in [4.78, 5) is 4.32. The summed E-state index contributed by atoms with van der Waals surface area (Å²) in [5.41, 5.74) is 3.60. The number of aromatic nitrogens is 1. The van der Waals surface area contributed by atoms with Crippen molar-refractivity contribution in [2.75, 3.05) is 5.32 Å². The van der Waals surface area contributed by atoms with Crippen LogP contribution in [-0.2, 0) is 0 Å². The van der Waals surface area contributed by atoms with E-state index in [9.17, 15) is 4.39 Å². The summed E-state index contributed by atoms with van der Waals surface area (Å²) >= 11 is 0. The first-order chi connectivity index (χ1) is 8.61. The Morgan fingerprint density at radius 3 is 2.50 bits per heavy atom. The second-order valence-electron chi connectivity index (χ2n) is 4.20. The number of anilines is 1. The lowest BCUT2D eigenvalue weighted by Gasteiger charge is -2.08. The van der Waals surface area contributed by atoms with E-state index >= 15 is 0 Å². The predicted molar refractivity (Wildman–Crippen MR) is 72.9 cm³/mol. The SMILES string of the molecule is C=CNc1ncc(-c2ccc(F)c(C)c2)cc1C. The quantitative estimate of drug-likeness (QED) is 0.877. The summed E-state index contributed by atoms with van der Waals surface area (Å²) in [5.74, 6) is 0.598. The van der Waals surface area contributed by atoms with E-state index in [-0.39, 0.29) is 5.82 Å². The summed E-state index contributed by atoms with van der Waals surface area (Å²) in [5, 5.41) is 2.97. The highest BCUT2D eigenvalue weighted by Crippen LogP contribution is 2.24. The van der Waals surface area contributed by atoms with E-state index in [0.29, 0.717) is 5.56 Å². The first-order valence-electron chi connectivity index (χ1n) is 5.72. The smallest absolute Gasteiger partial charge is 0.132 e. The minimum absolute atomic E-state index is 0.187. The van der Waals surface area contributed by atoms with Gasteiger partial charge in [-0.15, -0.1) is 0 Å². The average Bonchev–Trinajstić information content (AvgIpc) is 2.35. The van der Waals surface area contributed by atoms with Crippen molar-refractivity contribution >= 4 is 5.82 Å². The van der Waals surface area contributed by atoms with Crippen molar-refractivity contribution in [1.82, 2.24) is 4.98 Å². The minimum Gasteiger partial charge on any atom is -0.347 e. The normalized spacial score (nSPS) is 10.2. The Morgan fingerprint density at radius 1 is 1.17 bits per heavy atom. The van der Waals surface area contributed by atoms with E-state index in [2.05, 4.69) is 16.9 Å². The van der Waals surface area contributed by atoms with Gasteiger partial charge in [0.1, 0.15) is 11.6 Å². The molecule has 0 aliphatic carbocycles. The molecule has 3 heteroatoms. The molecule has 0 saturated heterocycles. The Morgan fingerprint density at radius 2 is 1.89 bits per heavy atom. The number of aryl methyl sites for hydroxylation is 2. The van der Waals surface area contributed by atoms with Gasteiger partial charge in [0.2, 0.25) is 0 Å². The Labute approximate surface area is 106 Å². The van der Waals surface area contributed by atoms with E-state index in [1.54, 1.807) is 25.4 Å². The molecule has 2 nitrogen and oxygen atoms in total. The molecule has 2 rings (SSSR count). The van der Waals surface area contributed by atoms with Crippen LogP contribution >= 0.6 is 0 Å². The van der Waals surface area contributed by atoms with Gasteiger partial charge >= 0.3 is 0 Å². The fourth-order valence-corrected chi connectivity index (χ4v) is 1.80. The summed E-state index contributed by atoms with van der Waals surface area (Å²) in [6, 6.07) is 7.09.